The van der Waals surface area contributed by atoms with Crippen LogP contribution in [0.4, 0.5) is 0 Å². The van der Waals surface area contributed by atoms with Crippen LogP contribution in [-0.2, 0) is 30.1 Å². The van der Waals surface area contributed by atoms with Crippen molar-refractivity contribution in [3.05, 3.63) is 158 Å². The quantitative estimate of drug-likeness (QED) is 0.323. The van der Waals surface area contributed by atoms with E-state index < -0.39 is 0 Å². The maximum atomic E-state index is 2.51. The molecule has 2 aliphatic rings. The van der Waals surface area contributed by atoms with E-state index in [9.17, 15) is 0 Å². The molecule has 187 valence electrons. The van der Waals surface area contributed by atoms with Crippen LogP contribution >= 0.6 is 0 Å². The number of halogens is 2. The fourth-order valence-electron chi connectivity index (χ4n) is 5.70. The minimum absolute atomic E-state index is 0. The van der Waals surface area contributed by atoms with E-state index in [2.05, 4.69) is 130 Å². The van der Waals surface area contributed by atoms with Crippen molar-refractivity contribution in [2.45, 2.75) is 32.6 Å². The molecule has 0 aromatic heterocycles. The molecule has 0 fully saturated rings. The van der Waals surface area contributed by atoms with Crippen molar-refractivity contribution in [1.29, 1.82) is 0 Å². The van der Waals surface area contributed by atoms with E-state index in [1.165, 1.54) is 87.8 Å². The average Bonchev–Trinajstić information content (AvgIpc) is 3.52. The molecule has 0 aliphatic heterocycles. The maximum Gasteiger partial charge on any atom is -1.00 e. The number of rotatable bonds is 3. The van der Waals surface area contributed by atoms with E-state index in [-0.39, 0.29) is 30.2 Å². The number of hydrogen-bond donors (Lipinski definition) is 0. The zero-order valence-corrected chi connectivity index (χ0v) is 25.8. The molecule has 0 unspecified atom stereocenters. The first-order valence-electron chi connectivity index (χ1n) is 12.7. The van der Waals surface area contributed by atoms with Crippen LogP contribution in [0.15, 0.2) is 109 Å². The molecule has 4 aromatic rings. The Morgan fingerprint density at radius 1 is 0.684 bits per heavy atom. The monoisotopic (exact) mass is 609 g/mol. The van der Waals surface area contributed by atoms with Gasteiger partial charge in [0.15, 0.2) is 0 Å². The van der Waals surface area contributed by atoms with Gasteiger partial charge in [-0.3, -0.25) is 0 Å². The van der Waals surface area contributed by atoms with Gasteiger partial charge in [0.2, 0.25) is 0 Å². The second-order valence-electron chi connectivity index (χ2n) is 10.7. The van der Waals surface area contributed by atoms with Crippen molar-refractivity contribution in [2.24, 2.45) is 0 Å². The van der Waals surface area contributed by atoms with Crippen LogP contribution in [0.25, 0.3) is 14.4 Å². The Kier molecular flexibility index (Phi) is 8.53. The van der Waals surface area contributed by atoms with Crippen LogP contribution in [0.1, 0.15) is 55.0 Å². The van der Waals surface area contributed by atoms with Gasteiger partial charge in [0, 0.05) is 0 Å². The first kappa shape index (κ1) is 28.6. The van der Waals surface area contributed by atoms with Crippen molar-refractivity contribution in [3.63, 3.8) is 0 Å². The van der Waals surface area contributed by atoms with E-state index in [0.29, 0.717) is 0 Å². The van der Waals surface area contributed by atoms with Crippen LogP contribution in [0, 0.1) is 10.4 Å². The first-order chi connectivity index (χ1) is 17.4. The van der Waals surface area contributed by atoms with Gasteiger partial charge in [-0.2, -0.15) is 0 Å². The van der Waals surface area contributed by atoms with Gasteiger partial charge in [-0.25, -0.2) is 0 Å². The summed E-state index contributed by atoms with van der Waals surface area (Å²) in [5.74, 6) is 0. The summed E-state index contributed by atoms with van der Waals surface area (Å²) in [6, 6.07) is 33.4. The van der Waals surface area contributed by atoms with E-state index in [0.717, 1.165) is 6.42 Å². The summed E-state index contributed by atoms with van der Waals surface area (Å²) >= 11 is 1.46. The minimum Gasteiger partial charge on any atom is -1.00 e. The molecule has 0 radical (unpaired) electrons. The summed E-state index contributed by atoms with van der Waals surface area (Å²) in [4.78, 5) is 0. The Morgan fingerprint density at radius 3 is 1.76 bits per heavy atom. The molecule has 0 N–H and O–H groups in total. The predicted molar refractivity (Wildman–Crippen MR) is 147 cm³/mol. The van der Waals surface area contributed by atoms with Gasteiger partial charge >= 0.3 is 230 Å². The fourth-order valence-corrected chi connectivity index (χ4v) is 6.87. The van der Waals surface area contributed by atoms with Crippen LogP contribution in [0.5, 0.6) is 0 Å². The molecule has 0 heterocycles. The fraction of sp³-hybridized carbons (Fsp3) is 0.143. The maximum absolute atomic E-state index is 2.51. The normalized spacial score (nSPS) is 13.3. The molecule has 38 heavy (non-hydrogen) atoms. The van der Waals surface area contributed by atoms with E-state index in [4.69, 9.17) is 0 Å². The molecule has 0 amide bonds. The molecule has 2 aliphatic carbocycles. The third kappa shape index (κ3) is 4.86. The Hall–Kier alpha value is -2.44. The summed E-state index contributed by atoms with van der Waals surface area (Å²) in [6.45, 7) is 7.08. The molecule has 0 nitrogen and oxygen atoms in total. The summed E-state index contributed by atoms with van der Waals surface area (Å²) in [5, 5.41) is 5.57. The number of hydrogen-bond acceptors (Lipinski definition) is 0. The van der Waals surface area contributed by atoms with Gasteiger partial charge in [0.05, 0.1) is 0 Å². The van der Waals surface area contributed by atoms with Crippen molar-refractivity contribution in [2.75, 3.05) is 0 Å². The third-order valence-corrected chi connectivity index (χ3v) is 8.62. The first-order valence-corrected chi connectivity index (χ1v) is 13.9. The molecule has 0 saturated heterocycles. The van der Waals surface area contributed by atoms with Gasteiger partial charge in [-0.05, 0) is 0 Å². The van der Waals surface area contributed by atoms with Gasteiger partial charge in [0.25, 0.3) is 0 Å². The van der Waals surface area contributed by atoms with Crippen LogP contribution < -0.4 is 35.3 Å². The molecule has 6 rings (SSSR count). The van der Waals surface area contributed by atoms with Crippen LogP contribution in [0.2, 0.25) is 0 Å². The number of fused-ring (bicyclic) bond motifs is 2. The van der Waals surface area contributed by atoms with Gasteiger partial charge in [-0.15, -0.1) is 0 Å². The Balaban J connectivity index is 0.00000168. The smallest absolute Gasteiger partial charge is 1.00 e. The predicted octanol–water partition coefficient (Wildman–Crippen LogP) is 0.886. The molecular formula is C35H29Cl2Zr. The third-order valence-electron chi connectivity index (χ3n) is 7.34. The Morgan fingerprint density at radius 2 is 1.24 bits per heavy atom. The topological polar surface area (TPSA) is 0 Å². The molecule has 0 atom stereocenters. The molecular weight excluding hydrogens is 583 g/mol. The molecule has 0 saturated carbocycles. The summed E-state index contributed by atoms with van der Waals surface area (Å²) in [6.07, 6.45) is 7.84. The van der Waals surface area contributed by atoms with Crippen molar-refractivity contribution >= 4 is 14.4 Å². The second kappa shape index (κ2) is 11.4. The second-order valence-corrected chi connectivity index (χ2v) is 11.9. The summed E-state index contributed by atoms with van der Waals surface area (Å²) in [5.41, 5.74) is 9.53. The van der Waals surface area contributed by atoms with E-state index in [1.807, 2.05) is 0 Å². The van der Waals surface area contributed by atoms with Crippen molar-refractivity contribution < 1.29 is 49.5 Å². The average molecular weight is 612 g/mol. The molecule has 4 aromatic carbocycles. The SMILES string of the molecule is CC(C)(C)c1cc2c(c(C3=CC=CC3)c1=C(c1ccccc1)c1ccccc1)[C]([Zr+2])=c1ccccc1=2.[Cl-].[Cl-]. The van der Waals surface area contributed by atoms with E-state index in [1.54, 1.807) is 0 Å². The Bertz CT molecular complexity index is 1730. The van der Waals surface area contributed by atoms with Gasteiger partial charge in [0.1, 0.15) is 0 Å². The van der Waals surface area contributed by atoms with Crippen molar-refractivity contribution in [3.8, 4) is 0 Å². The number of allylic oxidation sites excluding steroid dienone is 4. The Labute approximate surface area is 252 Å². The molecule has 0 bridgehead atoms. The van der Waals surface area contributed by atoms with Gasteiger partial charge < -0.3 is 24.8 Å². The van der Waals surface area contributed by atoms with Crippen molar-refractivity contribution in [1.82, 2.24) is 0 Å². The standard InChI is InChI=1S/C35H29.2ClH.Zr/c1-35(2,3)31-23-29-28-21-13-12-20-27(28)22-30(29)33(26-18-10-11-19-26)34(31)32(24-14-6-4-7-15-24)25-16-8-5-9-17-25;;;/h4-18,20-21,23H,19H2,1-3H3;2*1H;/q;;;+2/p-2. The molecule has 3 heteroatoms. The van der Waals surface area contributed by atoms with E-state index >= 15 is 0 Å². The zero-order chi connectivity index (χ0) is 24.9. The van der Waals surface area contributed by atoms with Gasteiger partial charge in [-0.1, -0.05) is 0 Å². The zero-order valence-electron chi connectivity index (χ0n) is 21.9. The number of benzene rings is 4. The summed E-state index contributed by atoms with van der Waals surface area (Å²) < 4.78 is 1.47. The van der Waals surface area contributed by atoms with Crippen LogP contribution in [-0.4, -0.2) is 0 Å². The summed E-state index contributed by atoms with van der Waals surface area (Å²) in [7, 11) is 0. The minimum atomic E-state index is -0.0284. The van der Waals surface area contributed by atoms with Crippen LogP contribution in [0.3, 0.4) is 0 Å². The molecule has 0 spiro atoms. The largest absolute Gasteiger partial charge is 1.00 e.